The first-order chi connectivity index (χ1) is 12.7. The molecule has 2 heterocycles. The van der Waals surface area contributed by atoms with Gasteiger partial charge in [-0.1, -0.05) is 6.07 Å². The highest BCUT2D eigenvalue weighted by Crippen LogP contribution is 2.30. The maximum absolute atomic E-state index is 12.6. The Labute approximate surface area is 153 Å². The molecular formula is C17H19F3N6O. The Bertz CT molecular complexity index is 958. The summed E-state index contributed by atoms with van der Waals surface area (Å²) in [5.74, 6) is -0.226. The molecule has 1 atom stereocenters. The van der Waals surface area contributed by atoms with Crippen LogP contribution in [0.3, 0.4) is 0 Å². The van der Waals surface area contributed by atoms with Crippen molar-refractivity contribution >= 4 is 23.2 Å². The first-order valence-electron chi connectivity index (χ1n) is 8.05. The van der Waals surface area contributed by atoms with Crippen LogP contribution in [0.15, 0.2) is 42.5 Å². The number of nitrogens with two attached hydrogens (primary N) is 1. The van der Waals surface area contributed by atoms with Crippen molar-refractivity contribution in [2.45, 2.75) is 25.7 Å². The van der Waals surface area contributed by atoms with E-state index in [0.717, 1.165) is 17.8 Å². The number of hydrogen-bond acceptors (Lipinski definition) is 5. The van der Waals surface area contributed by atoms with E-state index < -0.39 is 23.7 Å². The number of fused-ring (bicyclic) bond motifs is 1. The number of carbonyl (C=O) groups is 1. The molecule has 27 heavy (non-hydrogen) atoms. The number of halogens is 3. The number of nitrogens with zero attached hydrogens (tertiary/aromatic N) is 3. The minimum absolute atomic E-state index is 0. The third kappa shape index (κ3) is 4.34. The highest BCUT2D eigenvalue weighted by atomic mass is 19.4. The third-order valence-corrected chi connectivity index (χ3v) is 3.92. The Morgan fingerprint density at radius 3 is 2.59 bits per heavy atom. The zero-order chi connectivity index (χ0) is 19.6. The van der Waals surface area contributed by atoms with Crippen molar-refractivity contribution in [1.82, 2.24) is 19.9 Å². The minimum atomic E-state index is -4.39. The summed E-state index contributed by atoms with van der Waals surface area (Å²) >= 11 is 0. The maximum atomic E-state index is 12.6. The summed E-state index contributed by atoms with van der Waals surface area (Å²) in [4.78, 5) is 15.4. The van der Waals surface area contributed by atoms with Crippen molar-refractivity contribution < 1.29 is 19.4 Å². The molecule has 0 aliphatic heterocycles. The minimum Gasteiger partial charge on any atom is -0.368 e. The molecule has 0 fully saturated rings. The summed E-state index contributed by atoms with van der Waals surface area (Å²) < 4.78 is 39.5. The van der Waals surface area contributed by atoms with Gasteiger partial charge in [0.1, 0.15) is 0 Å². The van der Waals surface area contributed by atoms with Crippen LogP contribution < -0.4 is 16.4 Å². The second-order valence-corrected chi connectivity index (χ2v) is 5.93. The van der Waals surface area contributed by atoms with Crippen LogP contribution in [0.25, 0.3) is 5.65 Å². The van der Waals surface area contributed by atoms with Gasteiger partial charge in [-0.3, -0.25) is 4.79 Å². The maximum Gasteiger partial charge on any atom is 0.416 e. The fraction of sp³-hybridized carbons (Fsp3) is 0.235. The van der Waals surface area contributed by atoms with Gasteiger partial charge >= 0.3 is 6.18 Å². The summed E-state index contributed by atoms with van der Waals surface area (Å²) in [6.07, 6.45) is -4.39. The van der Waals surface area contributed by atoms with Crippen LogP contribution in [0.5, 0.6) is 0 Å². The van der Waals surface area contributed by atoms with Crippen molar-refractivity contribution in [3.05, 3.63) is 53.7 Å². The van der Waals surface area contributed by atoms with E-state index in [1.807, 2.05) is 6.07 Å². The van der Waals surface area contributed by atoms with Gasteiger partial charge in [0.25, 0.3) is 0 Å². The number of benzene rings is 1. The SMILES string of the molecule is C[C@H](NCc1cccc2nc(Nc3ccc(C(F)(F)F)cc3)nn12)C(N)=O.[HH]. The number of hydrogen-bond donors (Lipinski definition) is 3. The second-order valence-electron chi connectivity index (χ2n) is 5.93. The van der Waals surface area contributed by atoms with E-state index in [1.54, 1.807) is 23.6 Å². The van der Waals surface area contributed by atoms with Crippen molar-refractivity contribution in [2.75, 3.05) is 5.32 Å². The average molecular weight is 380 g/mol. The van der Waals surface area contributed by atoms with E-state index >= 15 is 0 Å². The van der Waals surface area contributed by atoms with Crippen molar-refractivity contribution in [2.24, 2.45) is 5.73 Å². The third-order valence-electron chi connectivity index (χ3n) is 3.92. The van der Waals surface area contributed by atoms with Crippen LogP contribution >= 0.6 is 0 Å². The summed E-state index contributed by atoms with van der Waals surface area (Å²) in [6.45, 7) is 1.99. The number of alkyl halides is 3. The highest BCUT2D eigenvalue weighted by Gasteiger charge is 2.29. The molecule has 10 heteroatoms. The first-order valence-corrected chi connectivity index (χ1v) is 8.05. The molecule has 2 aromatic heterocycles. The quantitative estimate of drug-likeness (QED) is 0.611. The van der Waals surface area contributed by atoms with Gasteiger partial charge in [0.05, 0.1) is 17.3 Å². The zero-order valence-corrected chi connectivity index (χ0v) is 14.3. The van der Waals surface area contributed by atoms with Crippen LogP contribution in [-0.2, 0) is 17.5 Å². The van der Waals surface area contributed by atoms with Gasteiger partial charge in [-0.05, 0) is 43.3 Å². The van der Waals surface area contributed by atoms with Crippen LogP contribution in [0, 0.1) is 0 Å². The van der Waals surface area contributed by atoms with Crippen molar-refractivity contribution in [3.8, 4) is 0 Å². The normalized spacial score (nSPS) is 12.9. The first kappa shape index (κ1) is 18.6. The zero-order valence-electron chi connectivity index (χ0n) is 14.3. The van der Waals surface area contributed by atoms with Gasteiger partial charge in [0.2, 0.25) is 11.9 Å². The number of carbonyl (C=O) groups excluding carboxylic acids is 1. The largest absolute Gasteiger partial charge is 0.416 e. The van der Waals surface area contributed by atoms with Crippen molar-refractivity contribution in [3.63, 3.8) is 0 Å². The molecule has 3 aromatic rings. The molecule has 0 radical (unpaired) electrons. The monoisotopic (exact) mass is 380 g/mol. The molecule has 0 unspecified atom stereocenters. The number of aromatic nitrogens is 3. The van der Waals surface area contributed by atoms with Crippen LogP contribution in [0.4, 0.5) is 24.8 Å². The fourth-order valence-electron chi connectivity index (χ4n) is 2.38. The number of pyridine rings is 1. The lowest BCUT2D eigenvalue weighted by Crippen LogP contribution is -2.38. The molecule has 144 valence electrons. The standard InChI is InChI=1S/C17H17F3N6O.H2/c1-10(15(21)27)22-9-13-3-2-4-14-24-16(25-26(13)14)23-12-7-5-11(6-8-12)17(18,19)20;/h2-8,10,22H,9H2,1H3,(H2,21,27)(H,23,25);1H/t10-;/m0./s1. The Balaban J connectivity index is 0.00000280. The average Bonchev–Trinajstić information content (AvgIpc) is 3.02. The van der Waals surface area contributed by atoms with Crippen LogP contribution in [0.2, 0.25) is 0 Å². The van der Waals surface area contributed by atoms with E-state index in [2.05, 4.69) is 20.7 Å². The Morgan fingerprint density at radius 1 is 1.26 bits per heavy atom. The molecule has 0 saturated carbocycles. The lowest BCUT2D eigenvalue weighted by Gasteiger charge is -2.10. The molecule has 0 bridgehead atoms. The Morgan fingerprint density at radius 2 is 1.96 bits per heavy atom. The summed E-state index contributed by atoms with van der Waals surface area (Å²) in [7, 11) is 0. The second kappa shape index (κ2) is 7.23. The number of primary amides is 1. The molecule has 4 N–H and O–H groups in total. The molecular weight excluding hydrogens is 361 g/mol. The number of amides is 1. The smallest absolute Gasteiger partial charge is 0.368 e. The molecule has 7 nitrogen and oxygen atoms in total. The molecule has 0 saturated heterocycles. The lowest BCUT2D eigenvalue weighted by atomic mass is 10.2. The van der Waals surface area contributed by atoms with Crippen molar-refractivity contribution in [1.29, 1.82) is 0 Å². The molecule has 0 spiro atoms. The fourth-order valence-corrected chi connectivity index (χ4v) is 2.38. The molecule has 1 aromatic carbocycles. The summed E-state index contributed by atoms with van der Waals surface area (Å²) in [6, 6.07) is 9.43. The van der Waals surface area contributed by atoms with Gasteiger partial charge in [-0.2, -0.15) is 18.2 Å². The number of nitrogens with one attached hydrogen (secondary N) is 2. The number of rotatable bonds is 6. The molecule has 0 aliphatic carbocycles. The van der Waals surface area contributed by atoms with Gasteiger partial charge < -0.3 is 16.4 Å². The molecule has 0 aliphatic rings. The van der Waals surface area contributed by atoms with Gasteiger partial charge in [0, 0.05) is 13.7 Å². The van der Waals surface area contributed by atoms with Gasteiger partial charge in [0.15, 0.2) is 5.65 Å². The van der Waals surface area contributed by atoms with E-state index in [-0.39, 0.29) is 7.37 Å². The highest BCUT2D eigenvalue weighted by molar-refractivity contribution is 5.79. The Hall–Kier alpha value is -3.14. The van der Waals surface area contributed by atoms with Gasteiger partial charge in [-0.15, -0.1) is 5.10 Å². The molecule has 1 amide bonds. The van der Waals surface area contributed by atoms with Crippen LogP contribution in [0.1, 0.15) is 19.6 Å². The van der Waals surface area contributed by atoms with E-state index in [4.69, 9.17) is 5.73 Å². The predicted octanol–water partition coefficient (Wildman–Crippen LogP) is 2.70. The van der Waals surface area contributed by atoms with E-state index in [0.29, 0.717) is 17.9 Å². The lowest BCUT2D eigenvalue weighted by molar-refractivity contribution is -0.137. The Kier molecular flexibility index (Phi) is 5.00. The summed E-state index contributed by atoms with van der Waals surface area (Å²) in [5.41, 5.74) is 6.22. The number of anilines is 2. The van der Waals surface area contributed by atoms with E-state index in [9.17, 15) is 18.0 Å². The topological polar surface area (TPSA) is 97.3 Å². The molecule has 3 rings (SSSR count). The van der Waals surface area contributed by atoms with Crippen LogP contribution in [-0.4, -0.2) is 26.5 Å². The summed E-state index contributed by atoms with van der Waals surface area (Å²) in [5, 5.41) is 10.2. The predicted molar refractivity (Wildman–Crippen MR) is 95.3 cm³/mol. The van der Waals surface area contributed by atoms with Gasteiger partial charge in [-0.25, -0.2) is 4.52 Å². The van der Waals surface area contributed by atoms with E-state index in [1.165, 1.54) is 12.1 Å².